The molecule has 0 saturated carbocycles. The molecule has 0 bridgehead atoms. The zero-order chi connectivity index (χ0) is 21.7. The van der Waals surface area contributed by atoms with Crippen molar-refractivity contribution in [2.75, 3.05) is 0 Å². The predicted octanol–water partition coefficient (Wildman–Crippen LogP) is 3.96. The third-order valence-corrected chi connectivity index (χ3v) is 2.04. The second kappa shape index (κ2) is 25.9. The molecule has 0 fully saturated rings. The van der Waals surface area contributed by atoms with Crippen molar-refractivity contribution in [1.29, 1.82) is 0 Å². The average Bonchev–Trinajstić information content (AvgIpc) is 3.00. The summed E-state index contributed by atoms with van der Waals surface area (Å²) in [6.45, 7) is 13.7. The van der Waals surface area contributed by atoms with Crippen molar-refractivity contribution in [3.63, 3.8) is 0 Å². The van der Waals surface area contributed by atoms with Crippen molar-refractivity contribution in [1.82, 2.24) is 0 Å². The van der Waals surface area contributed by atoms with E-state index in [1.54, 1.807) is 41.5 Å². The van der Waals surface area contributed by atoms with Gasteiger partial charge in [0.25, 0.3) is 0 Å². The molecule has 0 amide bonds. The molecule has 2 aromatic carbocycles. The van der Waals surface area contributed by atoms with Crippen molar-refractivity contribution < 1.29 is 37.0 Å². The average molecular weight is 422 g/mol. The van der Waals surface area contributed by atoms with Crippen LogP contribution in [0, 0.1) is 0 Å². The van der Waals surface area contributed by atoms with Crippen LogP contribution in [-0.4, -0.2) is 18.3 Å². The number of hydrogen-bond acceptors (Lipinski definition) is 3. The van der Waals surface area contributed by atoms with E-state index in [4.69, 9.17) is 0 Å². The first kappa shape index (κ1) is 34.4. The van der Waals surface area contributed by atoms with E-state index < -0.39 is 18.3 Å². The molecule has 0 aliphatic heterocycles. The summed E-state index contributed by atoms with van der Waals surface area (Å²) < 4.78 is 0. The van der Waals surface area contributed by atoms with Gasteiger partial charge in [-0.05, 0) is 13.8 Å². The zero-order valence-electron chi connectivity index (χ0n) is 18.8. The molecule has 2 rings (SSSR count). The first-order chi connectivity index (χ1) is 12.6. The first-order valence-electron chi connectivity index (χ1n) is 9.40. The Hall–Kier alpha value is -1.10. The van der Waals surface area contributed by atoms with Gasteiger partial charge in [0.1, 0.15) is 0 Å². The number of fused-ring (bicyclic) bond motifs is 1. The molecule has 0 N–H and O–H groups in total. The van der Waals surface area contributed by atoms with Crippen LogP contribution in [0.4, 0.5) is 0 Å². The van der Waals surface area contributed by atoms with Crippen molar-refractivity contribution in [2.45, 2.75) is 73.7 Å². The predicted molar refractivity (Wildman–Crippen MR) is 115 cm³/mol. The monoisotopic (exact) mass is 422 g/mol. The molecule has 0 spiro atoms. The number of benzene rings is 1. The quantitative estimate of drug-likeness (QED) is 0.397. The molecular formula is C24H38O3Ti. The van der Waals surface area contributed by atoms with Gasteiger partial charge in [-0.25, -0.2) is 0 Å². The van der Waals surface area contributed by atoms with Gasteiger partial charge in [-0.15, -0.1) is 48.0 Å². The molecule has 0 aromatic heterocycles. The Balaban J connectivity index is -0.000000135. The summed E-state index contributed by atoms with van der Waals surface area (Å²) in [6.07, 6.45) is 6.75. The molecule has 28 heavy (non-hydrogen) atoms. The fourth-order valence-corrected chi connectivity index (χ4v) is 1.29. The van der Waals surface area contributed by atoms with Crippen LogP contribution >= 0.6 is 0 Å². The fraction of sp³-hybridized carbons (Fsp3) is 0.458. The van der Waals surface area contributed by atoms with Crippen LogP contribution in [0.2, 0.25) is 0 Å². The Morgan fingerprint density at radius 2 is 1.07 bits per heavy atom. The summed E-state index contributed by atoms with van der Waals surface area (Å²) in [5.74, 6) is 0. The molecule has 0 unspecified atom stereocenters. The summed E-state index contributed by atoms with van der Waals surface area (Å²) in [6, 6.07) is 14.7. The van der Waals surface area contributed by atoms with E-state index in [9.17, 15) is 15.3 Å². The largest absolute Gasteiger partial charge is 4.00 e. The summed E-state index contributed by atoms with van der Waals surface area (Å²) in [5, 5.41) is 31.2. The Kier molecular flexibility index (Phi) is 31.8. The minimum atomic E-state index is -0.417. The maximum absolute atomic E-state index is 9.53. The van der Waals surface area contributed by atoms with Crippen LogP contribution in [0.25, 0.3) is 10.8 Å². The Labute approximate surface area is 188 Å². The van der Waals surface area contributed by atoms with E-state index in [1.165, 1.54) is 10.8 Å². The van der Waals surface area contributed by atoms with Gasteiger partial charge in [0.15, 0.2) is 0 Å². The first-order valence-corrected chi connectivity index (χ1v) is 9.40. The molecule has 0 radical (unpaired) electrons. The van der Waals surface area contributed by atoms with Crippen molar-refractivity contribution in [3.8, 4) is 0 Å². The number of allylic oxidation sites excluding steroid dienone is 4. The van der Waals surface area contributed by atoms with Gasteiger partial charge in [0, 0.05) is 0 Å². The summed E-state index contributed by atoms with van der Waals surface area (Å²) in [4.78, 5) is 0. The molecule has 0 aliphatic carbocycles. The van der Waals surface area contributed by atoms with Gasteiger partial charge >= 0.3 is 21.7 Å². The molecule has 3 nitrogen and oxygen atoms in total. The molecule has 0 saturated heterocycles. The SMILES string of the molecule is CC(C)[O-].CC(C)[O-].CC(C)[O-].CC=CC=CC.[Ti+4].c1ccc2[cH-]ccc2c1. The van der Waals surface area contributed by atoms with E-state index in [0.717, 1.165) is 0 Å². The normalized spacial score (nSPS) is 9.64. The van der Waals surface area contributed by atoms with Crippen molar-refractivity contribution >= 4 is 10.8 Å². The van der Waals surface area contributed by atoms with E-state index in [1.807, 2.05) is 38.2 Å². The Morgan fingerprint density at radius 1 is 0.714 bits per heavy atom. The topological polar surface area (TPSA) is 69.2 Å². The van der Waals surface area contributed by atoms with E-state index in [0.29, 0.717) is 0 Å². The van der Waals surface area contributed by atoms with Gasteiger partial charge in [-0.2, -0.15) is 17.5 Å². The fourth-order valence-electron chi connectivity index (χ4n) is 1.29. The third kappa shape index (κ3) is 39.8. The second-order valence-corrected chi connectivity index (χ2v) is 6.35. The van der Waals surface area contributed by atoms with Gasteiger partial charge in [0.05, 0.1) is 0 Å². The maximum atomic E-state index is 9.53. The van der Waals surface area contributed by atoms with Crippen molar-refractivity contribution in [3.05, 3.63) is 66.8 Å². The van der Waals surface area contributed by atoms with Crippen LogP contribution in [0.1, 0.15) is 55.4 Å². The molecule has 4 heteroatoms. The van der Waals surface area contributed by atoms with Gasteiger partial charge in [-0.3, -0.25) is 0 Å². The molecule has 0 heterocycles. The van der Waals surface area contributed by atoms with Crippen LogP contribution < -0.4 is 15.3 Å². The van der Waals surface area contributed by atoms with Crippen LogP contribution in [0.5, 0.6) is 0 Å². The molecule has 2 aromatic rings. The second-order valence-electron chi connectivity index (χ2n) is 6.35. The smallest absolute Gasteiger partial charge is 0.852 e. The van der Waals surface area contributed by atoms with Crippen LogP contribution in [0.3, 0.4) is 0 Å². The van der Waals surface area contributed by atoms with Gasteiger partial charge < -0.3 is 15.3 Å². The summed E-state index contributed by atoms with van der Waals surface area (Å²) in [7, 11) is 0. The van der Waals surface area contributed by atoms with Gasteiger partial charge in [0.2, 0.25) is 0 Å². The van der Waals surface area contributed by atoms with Crippen molar-refractivity contribution in [2.24, 2.45) is 0 Å². The number of hydrogen-bond donors (Lipinski definition) is 0. The van der Waals surface area contributed by atoms with E-state index in [2.05, 4.69) is 42.5 Å². The Bertz CT molecular complexity index is 507. The maximum Gasteiger partial charge on any atom is 4.00 e. The zero-order valence-corrected chi connectivity index (χ0v) is 20.4. The summed E-state index contributed by atoms with van der Waals surface area (Å²) in [5.41, 5.74) is 0. The van der Waals surface area contributed by atoms with Crippen LogP contribution in [0.15, 0.2) is 66.8 Å². The van der Waals surface area contributed by atoms with E-state index in [-0.39, 0.29) is 21.7 Å². The number of rotatable bonds is 1. The minimum Gasteiger partial charge on any atom is -0.852 e. The minimum absolute atomic E-state index is 0. The Morgan fingerprint density at radius 3 is 1.39 bits per heavy atom. The molecule has 156 valence electrons. The summed E-state index contributed by atoms with van der Waals surface area (Å²) >= 11 is 0. The molecule has 0 atom stereocenters. The third-order valence-electron chi connectivity index (χ3n) is 2.04. The molecule has 0 aliphatic rings. The molecular weight excluding hydrogens is 384 g/mol. The van der Waals surface area contributed by atoms with E-state index >= 15 is 0 Å². The van der Waals surface area contributed by atoms with Crippen LogP contribution in [-0.2, 0) is 21.7 Å². The van der Waals surface area contributed by atoms with Gasteiger partial charge in [-0.1, -0.05) is 71.9 Å². The standard InChI is InChI=1S/C9H7.C6H10.3C3H7O.Ti/c1-2-5-9-7-3-6-8(9)4-1;1-3-5-6-4-2;3*1-3(2)4;/h1-7H;3-6H,1-2H3;3*3H,1-2H3;/q-1;;3*-1;+4.